The van der Waals surface area contributed by atoms with Crippen molar-refractivity contribution in [3.63, 3.8) is 0 Å². The van der Waals surface area contributed by atoms with E-state index in [0.717, 1.165) is 25.7 Å². The summed E-state index contributed by atoms with van der Waals surface area (Å²) in [6.07, 6.45) is 29.5. The number of rotatable bonds is 30. The van der Waals surface area contributed by atoms with Crippen LogP contribution in [0.3, 0.4) is 0 Å². The fourth-order valence-corrected chi connectivity index (χ4v) is 5.08. The quantitative estimate of drug-likeness (QED) is 0.0470. The lowest BCUT2D eigenvalue weighted by molar-refractivity contribution is -0.156. The van der Waals surface area contributed by atoms with Gasteiger partial charge in [0.15, 0.2) is 11.8 Å². The number of hydrogen-bond donors (Lipinski definition) is 4. The highest BCUT2D eigenvalue weighted by Crippen LogP contribution is 2.16. The molecule has 248 valence electrons. The first-order valence-electron chi connectivity index (χ1n) is 17.1. The van der Waals surface area contributed by atoms with E-state index in [4.69, 9.17) is 20.4 Å². The van der Waals surface area contributed by atoms with Crippen LogP contribution in [-0.2, 0) is 19.2 Å². The van der Waals surface area contributed by atoms with Crippen molar-refractivity contribution in [2.24, 2.45) is 11.8 Å². The Balaban J connectivity index is 0. The highest BCUT2D eigenvalue weighted by Gasteiger charge is 2.25. The Morgan fingerprint density at radius 3 is 0.667 bits per heavy atom. The van der Waals surface area contributed by atoms with Gasteiger partial charge in [0.2, 0.25) is 0 Å². The zero-order valence-electron chi connectivity index (χ0n) is 27.0. The number of carboxylic acids is 4. The maximum Gasteiger partial charge on any atom is 0.317 e. The van der Waals surface area contributed by atoms with Gasteiger partial charge in [-0.3, -0.25) is 19.2 Å². The summed E-state index contributed by atoms with van der Waals surface area (Å²) in [4.78, 5) is 42.8. The second kappa shape index (κ2) is 31.8. The molecule has 0 aromatic carbocycles. The van der Waals surface area contributed by atoms with Crippen molar-refractivity contribution >= 4 is 23.9 Å². The molecule has 0 fully saturated rings. The van der Waals surface area contributed by atoms with E-state index in [1.807, 2.05) is 0 Å². The predicted molar refractivity (Wildman–Crippen MR) is 169 cm³/mol. The summed E-state index contributed by atoms with van der Waals surface area (Å²) >= 11 is 0. The summed E-state index contributed by atoms with van der Waals surface area (Å²) in [6, 6.07) is 0. The second-order valence-electron chi connectivity index (χ2n) is 11.8. The molecule has 0 heterocycles. The molecule has 0 aliphatic heterocycles. The Morgan fingerprint density at radius 2 is 0.500 bits per heavy atom. The lowest BCUT2D eigenvalue weighted by Crippen LogP contribution is -2.23. The van der Waals surface area contributed by atoms with Crippen LogP contribution in [0.25, 0.3) is 0 Å². The highest BCUT2D eigenvalue weighted by molar-refractivity contribution is 5.93. The van der Waals surface area contributed by atoms with Crippen LogP contribution >= 0.6 is 0 Å². The second-order valence-corrected chi connectivity index (χ2v) is 11.8. The van der Waals surface area contributed by atoms with E-state index >= 15 is 0 Å². The van der Waals surface area contributed by atoms with Crippen LogP contribution in [-0.4, -0.2) is 44.3 Å². The Morgan fingerprint density at radius 1 is 0.333 bits per heavy atom. The maximum absolute atomic E-state index is 10.7. The van der Waals surface area contributed by atoms with Crippen molar-refractivity contribution in [2.45, 2.75) is 181 Å². The topological polar surface area (TPSA) is 149 Å². The van der Waals surface area contributed by atoms with Gasteiger partial charge < -0.3 is 20.4 Å². The molecule has 0 aromatic rings. The van der Waals surface area contributed by atoms with Crippen LogP contribution in [0.15, 0.2) is 0 Å². The van der Waals surface area contributed by atoms with Crippen molar-refractivity contribution in [2.75, 3.05) is 0 Å². The molecular formula is C34H64O8. The molecule has 0 aliphatic carbocycles. The molecule has 0 unspecified atom stereocenters. The number of carbonyl (C=O) groups is 4. The van der Waals surface area contributed by atoms with E-state index in [2.05, 4.69) is 13.8 Å². The van der Waals surface area contributed by atoms with E-state index in [-0.39, 0.29) is 12.8 Å². The molecular weight excluding hydrogens is 536 g/mol. The molecule has 0 saturated heterocycles. The highest BCUT2D eigenvalue weighted by atomic mass is 16.4. The Bertz CT molecular complexity index is 636. The molecule has 0 bridgehead atoms. The predicted octanol–water partition coefficient (Wildman–Crippen LogP) is 9.73. The lowest BCUT2D eigenvalue weighted by Gasteiger charge is -2.07. The molecule has 0 aliphatic rings. The third-order valence-corrected chi connectivity index (χ3v) is 7.89. The van der Waals surface area contributed by atoms with Crippen LogP contribution in [0.2, 0.25) is 0 Å². The van der Waals surface area contributed by atoms with Crippen LogP contribution < -0.4 is 0 Å². The summed E-state index contributed by atoms with van der Waals surface area (Å²) < 4.78 is 0. The van der Waals surface area contributed by atoms with E-state index in [9.17, 15) is 19.2 Å². The fourth-order valence-electron chi connectivity index (χ4n) is 5.08. The van der Waals surface area contributed by atoms with Gasteiger partial charge >= 0.3 is 23.9 Å². The minimum Gasteiger partial charge on any atom is -0.481 e. The average molecular weight is 601 g/mol. The first-order valence-corrected chi connectivity index (χ1v) is 17.1. The minimum absolute atomic E-state index is 0.252. The minimum atomic E-state index is -1.23. The van der Waals surface area contributed by atoms with E-state index in [0.29, 0.717) is 12.8 Å². The zero-order chi connectivity index (χ0) is 31.8. The molecule has 42 heavy (non-hydrogen) atoms. The van der Waals surface area contributed by atoms with Gasteiger partial charge in [-0.1, -0.05) is 168 Å². The van der Waals surface area contributed by atoms with Crippen LogP contribution in [0.5, 0.6) is 0 Å². The standard InChI is InChI=1S/C18H34O4.C16H30O4/c1-2-3-4-5-6-7-8-9-10-11-12-13-14-15-16(17(19)20)18(21)22;1-2-3-4-5-6-7-8-9-10-11-12-13-14(15(17)18)16(19)20/h16H,2-15H2,1H3,(H,19,20)(H,21,22);14H,2-13H2,1H3,(H,17,18)(H,19,20). The van der Waals surface area contributed by atoms with Gasteiger partial charge in [-0.25, -0.2) is 0 Å². The van der Waals surface area contributed by atoms with Crippen molar-refractivity contribution in [3.8, 4) is 0 Å². The number of carboxylic acid groups (broad SMARTS) is 4. The van der Waals surface area contributed by atoms with Gasteiger partial charge in [0.05, 0.1) is 0 Å². The average Bonchev–Trinajstić information content (AvgIpc) is 2.93. The van der Waals surface area contributed by atoms with Crippen molar-refractivity contribution < 1.29 is 39.6 Å². The molecule has 0 radical (unpaired) electrons. The Kier molecular flexibility index (Phi) is 31.8. The smallest absolute Gasteiger partial charge is 0.317 e. The summed E-state index contributed by atoms with van der Waals surface area (Å²) in [6.45, 7) is 4.46. The van der Waals surface area contributed by atoms with Gasteiger partial charge in [-0.2, -0.15) is 0 Å². The Hall–Kier alpha value is -2.12. The molecule has 0 spiro atoms. The zero-order valence-corrected chi connectivity index (χ0v) is 27.0. The van der Waals surface area contributed by atoms with Crippen LogP contribution in [0.1, 0.15) is 181 Å². The first kappa shape index (κ1) is 42.0. The van der Waals surface area contributed by atoms with E-state index < -0.39 is 35.7 Å². The van der Waals surface area contributed by atoms with E-state index in [1.165, 1.54) is 116 Å². The van der Waals surface area contributed by atoms with Crippen molar-refractivity contribution in [1.29, 1.82) is 0 Å². The maximum atomic E-state index is 10.7. The molecule has 0 atom stereocenters. The number of hydrogen-bond acceptors (Lipinski definition) is 4. The molecule has 8 heteroatoms. The fraction of sp³-hybridized carbons (Fsp3) is 0.882. The largest absolute Gasteiger partial charge is 0.481 e. The lowest BCUT2D eigenvalue weighted by atomic mass is 10.00. The monoisotopic (exact) mass is 600 g/mol. The summed E-state index contributed by atoms with van der Waals surface area (Å²) in [5.41, 5.74) is 0. The van der Waals surface area contributed by atoms with Crippen molar-refractivity contribution in [1.82, 2.24) is 0 Å². The van der Waals surface area contributed by atoms with Crippen LogP contribution in [0, 0.1) is 11.8 Å². The number of unbranched alkanes of at least 4 members (excludes halogenated alkanes) is 22. The van der Waals surface area contributed by atoms with Crippen molar-refractivity contribution in [3.05, 3.63) is 0 Å². The van der Waals surface area contributed by atoms with Gasteiger partial charge in [0.1, 0.15) is 0 Å². The summed E-state index contributed by atoms with van der Waals surface area (Å²) in [5.74, 6) is -7.33. The Labute approximate surface area is 256 Å². The molecule has 0 amide bonds. The summed E-state index contributed by atoms with van der Waals surface area (Å²) in [7, 11) is 0. The summed E-state index contributed by atoms with van der Waals surface area (Å²) in [5, 5.41) is 35.0. The number of aliphatic carboxylic acids is 4. The van der Waals surface area contributed by atoms with Crippen LogP contribution in [0.4, 0.5) is 0 Å². The van der Waals surface area contributed by atoms with Gasteiger partial charge in [0.25, 0.3) is 0 Å². The molecule has 0 aromatic heterocycles. The third-order valence-electron chi connectivity index (χ3n) is 7.89. The molecule has 8 nitrogen and oxygen atoms in total. The SMILES string of the molecule is CCCCCCCCCCCCCC(C(=O)O)C(=O)O.CCCCCCCCCCCCCCCC(C(=O)O)C(=O)O. The molecule has 0 saturated carbocycles. The molecule has 4 N–H and O–H groups in total. The normalized spacial score (nSPS) is 11.0. The van der Waals surface area contributed by atoms with Gasteiger partial charge in [-0.05, 0) is 12.8 Å². The van der Waals surface area contributed by atoms with Gasteiger partial charge in [-0.15, -0.1) is 0 Å². The first-order chi connectivity index (χ1) is 20.2. The molecule has 0 rings (SSSR count). The third kappa shape index (κ3) is 29.4. The van der Waals surface area contributed by atoms with E-state index in [1.54, 1.807) is 0 Å². The van der Waals surface area contributed by atoms with Gasteiger partial charge in [0, 0.05) is 0 Å².